The molecule has 0 bridgehead atoms. The van der Waals surface area contributed by atoms with Crippen LogP contribution in [0.2, 0.25) is 0 Å². The van der Waals surface area contributed by atoms with Crippen molar-refractivity contribution in [1.29, 1.82) is 0 Å². The van der Waals surface area contributed by atoms with Crippen LogP contribution in [0.25, 0.3) is 0 Å². The van der Waals surface area contributed by atoms with Crippen molar-refractivity contribution in [3.63, 3.8) is 0 Å². The summed E-state index contributed by atoms with van der Waals surface area (Å²) in [6.07, 6.45) is 3.82. The number of aromatic nitrogens is 1. The highest BCUT2D eigenvalue weighted by Crippen LogP contribution is 2.26. The van der Waals surface area contributed by atoms with Crippen LogP contribution in [0.15, 0.2) is 18.3 Å². The second kappa shape index (κ2) is 5.77. The summed E-state index contributed by atoms with van der Waals surface area (Å²) in [4.78, 5) is 16.7. The fraction of sp³-hybridized carbons (Fsp3) is 0.583. The fourth-order valence-electron chi connectivity index (χ4n) is 2.17. The first-order valence-electron chi connectivity index (χ1n) is 6.18. The van der Waals surface area contributed by atoms with Gasteiger partial charge in [0.25, 0.3) is 0 Å². The van der Waals surface area contributed by atoms with E-state index in [4.69, 9.17) is 4.74 Å². The lowest BCUT2D eigenvalue weighted by Crippen LogP contribution is -2.33. The number of nitrogens with zero attached hydrogens (tertiary/aromatic N) is 3. The van der Waals surface area contributed by atoms with Gasteiger partial charge in [-0.1, -0.05) is 0 Å². The molecule has 2 rings (SSSR count). The van der Waals surface area contributed by atoms with Gasteiger partial charge in [-0.3, -0.25) is 10.1 Å². The van der Waals surface area contributed by atoms with Crippen molar-refractivity contribution in [2.45, 2.75) is 25.9 Å². The van der Waals surface area contributed by atoms with Crippen molar-refractivity contribution in [1.82, 2.24) is 4.98 Å². The SMILES string of the molecule is CCN(C[C@@H]1CCCO1)c1ncccc1[N+](=O)[O-]. The first-order chi connectivity index (χ1) is 8.72. The van der Waals surface area contributed by atoms with Crippen molar-refractivity contribution in [2.75, 3.05) is 24.6 Å². The maximum Gasteiger partial charge on any atom is 0.311 e. The lowest BCUT2D eigenvalue weighted by atomic mass is 10.2. The Labute approximate surface area is 106 Å². The van der Waals surface area contributed by atoms with E-state index < -0.39 is 0 Å². The van der Waals surface area contributed by atoms with Crippen molar-refractivity contribution in [3.8, 4) is 0 Å². The number of hydrogen-bond acceptors (Lipinski definition) is 5. The summed E-state index contributed by atoms with van der Waals surface area (Å²) < 4.78 is 5.57. The zero-order chi connectivity index (χ0) is 13.0. The molecular formula is C12H17N3O3. The topological polar surface area (TPSA) is 68.5 Å². The Morgan fingerprint density at radius 2 is 2.50 bits per heavy atom. The van der Waals surface area contributed by atoms with E-state index in [0.717, 1.165) is 19.4 Å². The molecule has 0 spiro atoms. The standard InChI is InChI=1S/C12H17N3O3/c1-2-14(9-10-5-4-8-18-10)12-11(15(16)17)6-3-7-13-12/h3,6-7,10H,2,4-5,8-9H2,1H3/t10-/m0/s1. The highest BCUT2D eigenvalue weighted by molar-refractivity contribution is 5.57. The molecule has 2 heterocycles. The number of hydrogen-bond donors (Lipinski definition) is 0. The van der Waals surface area contributed by atoms with Crippen LogP contribution in [0.3, 0.4) is 0 Å². The Kier molecular flexibility index (Phi) is 4.09. The number of pyridine rings is 1. The van der Waals surface area contributed by atoms with Crippen LogP contribution < -0.4 is 4.90 Å². The molecule has 18 heavy (non-hydrogen) atoms. The molecule has 0 saturated carbocycles. The molecule has 6 heteroatoms. The monoisotopic (exact) mass is 251 g/mol. The second-order valence-electron chi connectivity index (χ2n) is 4.28. The molecule has 1 fully saturated rings. The van der Waals surface area contributed by atoms with E-state index in [-0.39, 0.29) is 16.7 Å². The lowest BCUT2D eigenvalue weighted by Gasteiger charge is -2.24. The Morgan fingerprint density at radius 1 is 1.67 bits per heavy atom. The summed E-state index contributed by atoms with van der Waals surface area (Å²) >= 11 is 0. The zero-order valence-electron chi connectivity index (χ0n) is 10.4. The molecule has 1 aliphatic rings. The molecule has 0 N–H and O–H groups in total. The van der Waals surface area contributed by atoms with Gasteiger partial charge in [-0.25, -0.2) is 4.98 Å². The van der Waals surface area contributed by atoms with Gasteiger partial charge in [-0.2, -0.15) is 0 Å². The lowest BCUT2D eigenvalue weighted by molar-refractivity contribution is -0.384. The van der Waals surface area contributed by atoms with Crippen molar-refractivity contribution in [2.24, 2.45) is 0 Å². The van der Waals surface area contributed by atoms with Gasteiger partial charge in [0.15, 0.2) is 0 Å². The zero-order valence-corrected chi connectivity index (χ0v) is 10.4. The third-order valence-corrected chi connectivity index (χ3v) is 3.09. The minimum Gasteiger partial charge on any atom is -0.376 e. The molecule has 1 aromatic heterocycles. The number of likely N-dealkylation sites (N-methyl/N-ethyl adjacent to an activating group) is 1. The summed E-state index contributed by atoms with van der Waals surface area (Å²) in [6.45, 7) is 4.09. The fourth-order valence-corrected chi connectivity index (χ4v) is 2.17. The van der Waals surface area contributed by atoms with E-state index in [0.29, 0.717) is 18.9 Å². The first kappa shape index (κ1) is 12.8. The molecule has 0 amide bonds. The normalized spacial score (nSPS) is 18.8. The Morgan fingerprint density at radius 3 is 3.11 bits per heavy atom. The van der Waals surface area contributed by atoms with Crippen LogP contribution in [0, 0.1) is 10.1 Å². The van der Waals surface area contributed by atoms with Crippen LogP contribution in [-0.4, -0.2) is 35.7 Å². The van der Waals surface area contributed by atoms with Crippen molar-refractivity contribution >= 4 is 11.5 Å². The Bertz CT molecular complexity index is 419. The molecule has 0 unspecified atom stereocenters. The van der Waals surface area contributed by atoms with Gasteiger partial charge in [0.05, 0.1) is 11.0 Å². The molecule has 6 nitrogen and oxygen atoms in total. The highest BCUT2D eigenvalue weighted by atomic mass is 16.6. The molecule has 1 aliphatic heterocycles. The molecule has 98 valence electrons. The molecule has 1 aromatic rings. The predicted octanol–water partition coefficient (Wildman–Crippen LogP) is 2.00. The Hall–Kier alpha value is -1.69. The first-order valence-corrected chi connectivity index (χ1v) is 6.18. The summed E-state index contributed by atoms with van der Waals surface area (Å²) in [5, 5.41) is 11.0. The van der Waals surface area contributed by atoms with Gasteiger partial charge >= 0.3 is 5.69 Å². The van der Waals surface area contributed by atoms with Crippen molar-refractivity contribution < 1.29 is 9.66 Å². The van der Waals surface area contributed by atoms with E-state index in [2.05, 4.69) is 4.98 Å². The smallest absolute Gasteiger partial charge is 0.311 e. The molecule has 0 radical (unpaired) electrons. The molecule has 0 aromatic carbocycles. The van der Waals surface area contributed by atoms with E-state index >= 15 is 0 Å². The minimum absolute atomic E-state index is 0.0531. The molecule has 1 atom stereocenters. The average molecular weight is 251 g/mol. The third kappa shape index (κ3) is 2.76. The van der Waals surface area contributed by atoms with Crippen LogP contribution in [0.4, 0.5) is 11.5 Å². The third-order valence-electron chi connectivity index (χ3n) is 3.09. The predicted molar refractivity (Wildman–Crippen MR) is 67.8 cm³/mol. The number of rotatable bonds is 5. The molecule has 1 saturated heterocycles. The summed E-state index contributed by atoms with van der Waals surface area (Å²) in [7, 11) is 0. The average Bonchev–Trinajstić information content (AvgIpc) is 2.88. The quantitative estimate of drug-likeness (QED) is 0.591. The van der Waals surface area contributed by atoms with Crippen molar-refractivity contribution in [3.05, 3.63) is 28.4 Å². The van der Waals surface area contributed by atoms with Crippen LogP contribution in [0.5, 0.6) is 0 Å². The van der Waals surface area contributed by atoms with Crippen LogP contribution in [0.1, 0.15) is 19.8 Å². The van der Waals surface area contributed by atoms with E-state index in [9.17, 15) is 10.1 Å². The van der Waals surface area contributed by atoms with Gasteiger partial charge in [-0.05, 0) is 25.8 Å². The van der Waals surface area contributed by atoms with Gasteiger partial charge in [0.2, 0.25) is 5.82 Å². The van der Waals surface area contributed by atoms with Gasteiger partial charge in [0.1, 0.15) is 0 Å². The van der Waals surface area contributed by atoms with Crippen LogP contribution in [-0.2, 0) is 4.74 Å². The second-order valence-corrected chi connectivity index (χ2v) is 4.28. The number of nitro groups is 1. The highest BCUT2D eigenvalue weighted by Gasteiger charge is 2.24. The molecule has 0 aliphatic carbocycles. The maximum atomic E-state index is 11.0. The largest absolute Gasteiger partial charge is 0.376 e. The van der Waals surface area contributed by atoms with E-state index in [1.165, 1.54) is 6.07 Å². The summed E-state index contributed by atoms with van der Waals surface area (Å²) in [5.41, 5.74) is 0.0531. The van der Waals surface area contributed by atoms with Gasteiger partial charge in [0, 0.05) is 32.0 Å². The summed E-state index contributed by atoms with van der Waals surface area (Å²) in [5.74, 6) is 0.431. The van der Waals surface area contributed by atoms with Gasteiger partial charge < -0.3 is 9.64 Å². The minimum atomic E-state index is -0.388. The number of ether oxygens (including phenoxy) is 1. The maximum absolute atomic E-state index is 11.0. The number of anilines is 1. The summed E-state index contributed by atoms with van der Waals surface area (Å²) in [6, 6.07) is 3.07. The van der Waals surface area contributed by atoms with E-state index in [1.54, 1.807) is 12.3 Å². The Balaban J connectivity index is 2.18. The van der Waals surface area contributed by atoms with Crippen LogP contribution >= 0.6 is 0 Å². The molecular weight excluding hydrogens is 234 g/mol. The van der Waals surface area contributed by atoms with Gasteiger partial charge in [-0.15, -0.1) is 0 Å². The van der Waals surface area contributed by atoms with E-state index in [1.807, 2.05) is 11.8 Å².